The van der Waals surface area contributed by atoms with Gasteiger partial charge in [-0.05, 0) is 67.8 Å². The number of hydrogen-bond donors (Lipinski definition) is 0. The summed E-state index contributed by atoms with van der Waals surface area (Å²) < 4.78 is 0. The second-order valence-corrected chi connectivity index (χ2v) is 18.3. The number of hydrogen-bond acceptors (Lipinski definition) is 4. The molecule has 0 spiro atoms. The van der Waals surface area contributed by atoms with Crippen LogP contribution in [0.15, 0.2) is 158 Å². The third-order valence-corrected chi connectivity index (χ3v) is 12.6. The predicted molar refractivity (Wildman–Crippen MR) is 246 cm³/mol. The van der Waals surface area contributed by atoms with E-state index >= 15 is 0 Å². The van der Waals surface area contributed by atoms with Crippen molar-refractivity contribution in [1.82, 2.24) is 0 Å². The summed E-state index contributed by atoms with van der Waals surface area (Å²) >= 11 is 0. The standard InChI is InChI=1S/C55H46N4.Pt/c1-53(2,3)41-21-15-23-43(33-41)56-35-58(51-31-39-19-9-7-17-37(39)29-49(51)56)55(47-27-13-11-25-45(47)46-26-12-14-28-48(46)55)59-36-57(44-24-16-22-42(34-44)54(4,5)6)50-30-38-18-8-10-20-40(38)32-52(50)59;/h7-22,25-36H,1-6H3;/q-4;+4. The summed E-state index contributed by atoms with van der Waals surface area (Å²) in [6.07, 6.45) is 0. The molecule has 2 heterocycles. The minimum Gasteiger partial charge on any atom is -0.494 e. The van der Waals surface area contributed by atoms with Gasteiger partial charge in [0.1, 0.15) is 5.66 Å². The van der Waals surface area contributed by atoms with Crippen molar-refractivity contribution in [2.24, 2.45) is 0 Å². The van der Waals surface area contributed by atoms with Gasteiger partial charge in [-0.25, -0.2) is 0 Å². The van der Waals surface area contributed by atoms with E-state index in [1.54, 1.807) is 0 Å². The summed E-state index contributed by atoms with van der Waals surface area (Å²) in [5, 5.41) is 4.79. The molecular weight excluding hydrogens is 912 g/mol. The third kappa shape index (κ3) is 5.75. The van der Waals surface area contributed by atoms with Crippen molar-refractivity contribution >= 4 is 55.7 Å². The maximum atomic E-state index is 3.66. The first-order chi connectivity index (χ1) is 28.5. The molecule has 0 amide bonds. The molecule has 0 saturated carbocycles. The fourth-order valence-corrected chi connectivity index (χ4v) is 9.53. The maximum Gasteiger partial charge on any atom is 4.00 e. The van der Waals surface area contributed by atoms with Crippen molar-refractivity contribution in [3.8, 4) is 11.1 Å². The van der Waals surface area contributed by atoms with Gasteiger partial charge in [0.05, 0.1) is 0 Å². The Balaban J connectivity index is 0.00000433. The van der Waals surface area contributed by atoms with E-state index in [2.05, 4.69) is 244 Å². The summed E-state index contributed by atoms with van der Waals surface area (Å²) in [6, 6.07) is 65.4. The van der Waals surface area contributed by atoms with E-state index in [0.29, 0.717) is 0 Å². The topological polar surface area (TPSA) is 13.0 Å². The van der Waals surface area contributed by atoms with Gasteiger partial charge < -0.3 is 19.6 Å². The average Bonchev–Trinajstić information content (AvgIpc) is 3.90. The molecule has 1 aliphatic carbocycles. The smallest absolute Gasteiger partial charge is 0.494 e. The zero-order valence-electron chi connectivity index (χ0n) is 34.8. The molecule has 0 N–H and O–H groups in total. The molecular formula is C55H46N4Pt. The van der Waals surface area contributed by atoms with E-state index in [4.69, 9.17) is 0 Å². The molecule has 2 aliphatic heterocycles. The summed E-state index contributed by atoms with van der Waals surface area (Å²) in [5.74, 6) is 0. The van der Waals surface area contributed by atoms with Crippen LogP contribution in [0, 0.1) is 25.5 Å². The summed E-state index contributed by atoms with van der Waals surface area (Å²) in [4.78, 5) is 9.81. The number of anilines is 6. The molecule has 0 atom stereocenters. The molecule has 0 unspecified atom stereocenters. The molecule has 60 heavy (non-hydrogen) atoms. The van der Waals surface area contributed by atoms with Crippen molar-refractivity contribution in [3.05, 3.63) is 205 Å². The van der Waals surface area contributed by atoms with E-state index in [1.165, 1.54) is 54.9 Å². The SMILES string of the molecule is CC(C)(C)c1cc[c-]c(N2[CH-]N(C3(N4[CH-]N(c5[c-]ccc(C(C)(C)C)c5)c5cc6ccccc6cc54)c4ccccc4-c4ccccc43)c3cc4ccccc4cc32)c1.[Pt+4]. The van der Waals surface area contributed by atoms with Crippen LogP contribution in [0.2, 0.25) is 0 Å². The number of rotatable bonds is 4. The van der Waals surface area contributed by atoms with Crippen LogP contribution in [0.1, 0.15) is 63.8 Å². The van der Waals surface area contributed by atoms with Crippen molar-refractivity contribution < 1.29 is 21.1 Å². The van der Waals surface area contributed by atoms with Crippen molar-refractivity contribution in [1.29, 1.82) is 0 Å². The fraction of sp³-hybridized carbons (Fsp3) is 0.164. The minimum atomic E-state index is -0.853. The van der Waals surface area contributed by atoms with Gasteiger partial charge in [0, 0.05) is 33.9 Å². The van der Waals surface area contributed by atoms with Crippen LogP contribution in [0.25, 0.3) is 32.7 Å². The first-order valence-corrected chi connectivity index (χ1v) is 20.7. The quantitative estimate of drug-likeness (QED) is 0.163. The average molecular weight is 958 g/mol. The molecule has 0 aromatic heterocycles. The van der Waals surface area contributed by atoms with Gasteiger partial charge in [-0.2, -0.15) is 47.5 Å². The summed E-state index contributed by atoms with van der Waals surface area (Å²) in [5.41, 5.74) is 13.0. The largest absolute Gasteiger partial charge is 4.00 e. The number of benzene rings is 8. The first-order valence-electron chi connectivity index (χ1n) is 20.7. The van der Waals surface area contributed by atoms with E-state index in [9.17, 15) is 0 Å². The van der Waals surface area contributed by atoms with E-state index in [-0.39, 0.29) is 31.9 Å². The summed E-state index contributed by atoms with van der Waals surface area (Å²) in [6.45, 7) is 18.3. The van der Waals surface area contributed by atoms with E-state index < -0.39 is 5.66 Å². The van der Waals surface area contributed by atoms with Crippen LogP contribution in [0.4, 0.5) is 34.1 Å². The van der Waals surface area contributed by atoms with Gasteiger partial charge in [-0.3, -0.25) is 0 Å². The second-order valence-electron chi connectivity index (χ2n) is 18.3. The molecule has 5 heteroatoms. The molecule has 0 saturated heterocycles. The van der Waals surface area contributed by atoms with Crippen LogP contribution < -0.4 is 19.6 Å². The van der Waals surface area contributed by atoms with Crippen LogP contribution in [-0.2, 0) is 37.6 Å². The van der Waals surface area contributed by atoms with Crippen molar-refractivity contribution in [3.63, 3.8) is 0 Å². The normalized spacial score (nSPS) is 15.2. The Morgan fingerprint density at radius 1 is 0.433 bits per heavy atom. The Bertz CT molecular complexity index is 2770. The molecule has 4 nitrogen and oxygen atoms in total. The Hall–Kier alpha value is -5.83. The Morgan fingerprint density at radius 2 is 0.783 bits per heavy atom. The van der Waals surface area contributed by atoms with Gasteiger partial charge in [0.2, 0.25) is 0 Å². The summed E-state index contributed by atoms with van der Waals surface area (Å²) in [7, 11) is 0. The van der Waals surface area contributed by atoms with Crippen LogP contribution >= 0.6 is 0 Å². The van der Waals surface area contributed by atoms with Gasteiger partial charge in [-0.1, -0.05) is 139 Å². The Kier molecular flexibility index (Phi) is 8.87. The molecule has 8 aromatic carbocycles. The Labute approximate surface area is 369 Å². The zero-order chi connectivity index (χ0) is 40.3. The third-order valence-electron chi connectivity index (χ3n) is 12.6. The number of fused-ring (bicyclic) bond motifs is 7. The Morgan fingerprint density at radius 3 is 1.17 bits per heavy atom. The monoisotopic (exact) mass is 957 g/mol. The first kappa shape index (κ1) is 38.4. The molecule has 0 fully saturated rings. The molecule has 296 valence electrons. The predicted octanol–water partition coefficient (Wildman–Crippen LogP) is 13.9. The van der Waals surface area contributed by atoms with Gasteiger partial charge >= 0.3 is 21.1 Å². The fourth-order valence-electron chi connectivity index (χ4n) is 9.53. The molecule has 8 aromatic rings. The molecule has 3 aliphatic rings. The van der Waals surface area contributed by atoms with Crippen LogP contribution in [-0.4, -0.2) is 0 Å². The molecule has 11 rings (SSSR count). The maximum absolute atomic E-state index is 3.66. The zero-order valence-corrected chi connectivity index (χ0v) is 37.0. The van der Waals surface area contributed by atoms with E-state index in [0.717, 1.165) is 34.1 Å². The van der Waals surface area contributed by atoms with Crippen LogP contribution in [0.3, 0.4) is 0 Å². The van der Waals surface area contributed by atoms with Gasteiger partial charge in [0.15, 0.2) is 0 Å². The van der Waals surface area contributed by atoms with Crippen LogP contribution in [0.5, 0.6) is 0 Å². The van der Waals surface area contributed by atoms with Gasteiger partial charge in [0.25, 0.3) is 0 Å². The van der Waals surface area contributed by atoms with Crippen molar-refractivity contribution in [2.75, 3.05) is 19.6 Å². The second kappa shape index (κ2) is 13.9. The molecule has 0 radical (unpaired) electrons. The van der Waals surface area contributed by atoms with Gasteiger partial charge in [-0.15, -0.1) is 36.8 Å². The minimum absolute atomic E-state index is 0. The van der Waals surface area contributed by atoms with E-state index in [1.807, 2.05) is 0 Å². The molecule has 0 bridgehead atoms. The van der Waals surface area contributed by atoms with Crippen molar-refractivity contribution in [2.45, 2.75) is 58.0 Å². The number of nitrogens with zero attached hydrogens (tertiary/aromatic N) is 4.